The Morgan fingerprint density at radius 3 is 2.50 bits per heavy atom. The highest BCUT2D eigenvalue weighted by Gasteiger charge is 2.74. The Morgan fingerprint density at radius 2 is 1.81 bits per heavy atom. The third kappa shape index (κ3) is 3.10. The number of carbonyl (C=O) groups excluding carboxylic acids is 2. The monoisotopic (exact) mass is 494 g/mol. The van der Waals surface area contributed by atoms with E-state index in [9.17, 15) is 9.59 Å². The van der Waals surface area contributed by atoms with Gasteiger partial charge in [0, 0.05) is 17.8 Å². The quantitative estimate of drug-likeness (QED) is 0.299. The van der Waals surface area contributed by atoms with Crippen LogP contribution in [-0.2, 0) is 24.0 Å². The van der Waals surface area contributed by atoms with Crippen LogP contribution < -0.4 is 0 Å². The van der Waals surface area contributed by atoms with Gasteiger partial charge in [0.15, 0.2) is 0 Å². The predicted octanol–water partition coefficient (Wildman–Crippen LogP) is 5.81. The Morgan fingerprint density at radius 1 is 1.03 bits per heavy atom. The van der Waals surface area contributed by atoms with Crippen molar-refractivity contribution in [3.63, 3.8) is 0 Å². The molecule has 0 N–H and O–H groups in total. The van der Waals surface area contributed by atoms with Gasteiger partial charge in [-0.05, 0) is 74.0 Å². The summed E-state index contributed by atoms with van der Waals surface area (Å²) in [6.45, 7) is 6.71. The van der Waals surface area contributed by atoms with Gasteiger partial charge in [-0.1, -0.05) is 45.0 Å². The third-order valence-electron chi connectivity index (χ3n) is 11.0. The van der Waals surface area contributed by atoms with Crippen molar-refractivity contribution in [1.82, 2.24) is 0 Å². The first-order valence-corrected chi connectivity index (χ1v) is 13.6. The number of esters is 2. The van der Waals surface area contributed by atoms with Crippen LogP contribution >= 0.6 is 0 Å². The molecular weight excluding hydrogens is 456 g/mol. The van der Waals surface area contributed by atoms with E-state index in [-0.39, 0.29) is 40.7 Å². The minimum Gasteiger partial charge on any atom is -0.469 e. The minimum absolute atomic E-state index is 0.0312. The fourth-order valence-corrected chi connectivity index (χ4v) is 9.06. The molecule has 6 aliphatic rings. The molecule has 2 aliphatic heterocycles. The zero-order valence-electron chi connectivity index (χ0n) is 21.9. The van der Waals surface area contributed by atoms with Gasteiger partial charge >= 0.3 is 11.9 Å². The van der Waals surface area contributed by atoms with Gasteiger partial charge in [0.25, 0.3) is 0 Å². The van der Waals surface area contributed by atoms with Gasteiger partial charge in [-0.3, -0.25) is 4.79 Å². The number of carbonyl (C=O) groups is 2. The number of fused-ring (bicyclic) bond motifs is 3. The molecule has 0 aromatic heterocycles. The van der Waals surface area contributed by atoms with E-state index in [1.807, 2.05) is 25.1 Å². The smallest absolute Gasteiger partial charge is 0.338 e. The molecule has 3 saturated carbocycles. The summed E-state index contributed by atoms with van der Waals surface area (Å²) in [5.41, 5.74) is 0.892. The van der Waals surface area contributed by atoms with Crippen LogP contribution in [0.1, 0.15) is 82.5 Å². The Labute approximate surface area is 213 Å². The maximum Gasteiger partial charge on any atom is 0.338 e. The van der Waals surface area contributed by atoms with Crippen molar-refractivity contribution in [2.75, 3.05) is 7.11 Å². The zero-order chi connectivity index (χ0) is 25.3. The molecule has 1 aromatic rings. The molecule has 194 valence electrons. The van der Waals surface area contributed by atoms with E-state index in [4.69, 9.17) is 19.2 Å². The molecule has 0 radical (unpaired) electrons. The summed E-state index contributed by atoms with van der Waals surface area (Å²) < 4.78 is 11.1. The van der Waals surface area contributed by atoms with E-state index in [1.165, 1.54) is 12.7 Å². The van der Waals surface area contributed by atoms with Gasteiger partial charge in [0.2, 0.25) is 0 Å². The van der Waals surface area contributed by atoms with Crippen molar-refractivity contribution in [2.24, 2.45) is 28.6 Å². The minimum atomic E-state index is -0.481. The maximum absolute atomic E-state index is 12.8. The maximum atomic E-state index is 12.8. The van der Waals surface area contributed by atoms with Gasteiger partial charge < -0.3 is 9.47 Å². The highest BCUT2D eigenvalue weighted by atomic mass is 17.2. The predicted molar refractivity (Wildman–Crippen MR) is 133 cm³/mol. The molecule has 2 bridgehead atoms. The van der Waals surface area contributed by atoms with Crippen LogP contribution in [0.5, 0.6) is 0 Å². The average Bonchev–Trinajstić information content (AvgIpc) is 3.26. The molecule has 7 rings (SSSR count). The molecule has 4 aliphatic carbocycles. The third-order valence-corrected chi connectivity index (χ3v) is 11.0. The van der Waals surface area contributed by atoms with Gasteiger partial charge in [-0.25, -0.2) is 14.6 Å². The van der Waals surface area contributed by atoms with Gasteiger partial charge in [-0.15, -0.1) is 0 Å². The molecular formula is C30H38O6. The second-order valence-electron chi connectivity index (χ2n) is 12.4. The van der Waals surface area contributed by atoms with Gasteiger partial charge in [0.1, 0.15) is 17.3 Å². The van der Waals surface area contributed by atoms with Crippen LogP contribution in [0.2, 0.25) is 0 Å². The topological polar surface area (TPSA) is 71.1 Å². The first-order chi connectivity index (χ1) is 17.2. The number of rotatable bonds is 4. The van der Waals surface area contributed by atoms with E-state index in [0.717, 1.165) is 44.9 Å². The van der Waals surface area contributed by atoms with Gasteiger partial charge in [0.05, 0.1) is 18.6 Å². The van der Waals surface area contributed by atoms with Crippen LogP contribution in [0.3, 0.4) is 0 Å². The van der Waals surface area contributed by atoms with Crippen molar-refractivity contribution in [3.8, 4) is 0 Å². The molecule has 2 saturated heterocycles. The van der Waals surface area contributed by atoms with Crippen molar-refractivity contribution in [2.45, 2.75) is 89.4 Å². The second-order valence-corrected chi connectivity index (χ2v) is 12.4. The molecule has 8 unspecified atom stereocenters. The first kappa shape index (κ1) is 24.2. The fourth-order valence-electron chi connectivity index (χ4n) is 9.06. The Kier molecular flexibility index (Phi) is 5.48. The van der Waals surface area contributed by atoms with Crippen molar-refractivity contribution in [3.05, 3.63) is 47.5 Å². The molecule has 6 nitrogen and oxygen atoms in total. The van der Waals surface area contributed by atoms with Crippen LogP contribution in [0, 0.1) is 28.6 Å². The largest absolute Gasteiger partial charge is 0.469 e. The van der Waals surface area contributed by atoms with E-state index < -0.39 is 11.2 Å². The Bertz CT molecular complexity index is 1090. The molecule has 6 heteroatoms. The average molecular weight is 495 g/mol. The summed E-state index contributed by atoms with van der Waals surface area (Å²) in [6, 6.07) is 9.20. The number of ether oxygens (including phenoxy) is 2. The zero-order valence-corrected chi connectivity index (χ0v) is 21.9. The molecule has 5 fully saturated rings. The normalized spacial score (nSPS) is 43.4. The summed E-state index contributed by atoms with van der Waals surface area (Å²) in [6.07, 6.45) is 9.41. The van der Waals surface area contributed by atoms with E-state index in [0.29, 0.717) is 17.9 Å². The van der Waals surface area contributed by atoms with E-state index >= 15 is 0 Å². The number of allylic oxidation sites excluding steroid dienone is 1. The molecule has 8 atom stereocenters. The van der Waals surface area contributed by atoms with Gasteiger partial charge in [-0.2, -0.15) is 0 Å². The summed E-state index contributed by atoms with van der Waals surface area (Å²) >= 11 is 0. The molecule has 2 heterocycles. The summed E-state index contributed by atoms with van der Waals surface area (Å²) in [5.74, 6) is 0.0554. The van der Waals surface area contributed by atoms with Crippen LogP contribution in [0.15, 0.2) is 42.0 Å². The molecule has 1 aromatic carbocycles. The lowest BCUT2D eigenvalue weighted by molar-refractivity contribution is -0.494. The number of methoxy groups -OCH3 is 1. The lowest BCUT2D eigenvalue weighted by Gasteiger charge is -2.69. The number of hydrogen-bond donors (Lipinski definition) is 0. The van der Waals surface area contributed by atoms with E-state index in [1.54, 1.807) is 12.1 Å². The van der Waals surface area contributed by atoms with Crippen molar-refractivity contribution in [1.29, 1.82) is 0 Å². The van der Waals surface area contributed by atoms with Crippen LogP contribution in [-0.4, -0.2) is 36.4 Å². The standard InChI is InChI=1S/C30H38O6/c1-19(25(31)33-4)22-10-11-23-27(22,2)14-13-24-28(3)15-12-21(34-26(32)20-8-6-5-7-9-20)18-29(28)16-17-30(23,24)36-35-29/h5-9,13,19,21-23H,10-12,14-18H2,1-4H3. The fraction of sp³-hybridized carbons (Fsp3) is 0.667. The molecule has 0 amide bonds. The Balaban J connectivity index is 1.27. The highest BCUT2D eigenvalue weighted by Crippen LogP contribution is 2.73. The number of benzene rings is 1. The van der Waals surface area contributed by atoms with Crippen molar-refractivity contribution >= 4 is 11.9 Å². The van der Waals surface area contributed by atoms with E-state index in [2.05, 4.69) is 19.9 Å². The second kappa shape index (κ2) is 8.16. The summed E-state index contributed by atoms with van der Waals surface area (Å²) in [7, 11) is 1.48. The van der Waals surface area contributed by atoms with Crippen molar-refractivity contribution < 1.29 is 28.8 Å². The summed E-state index contributed by atoms with van der Waals surface area (Å²) in [5, 5.41) is 0. The lowest BCUT2D eigenvalue weighted by Crippen LogP contribution is -2.71. The highest BCUT2D eigenvalue weighted by molar-refractivity contribution is 5.89. The first-order valence-electron chi connectivity index (χ1n) is 13.6. The molecule has 36 heavy (non-hydrogen) atoms. The molecule has 2 spiro atoms. The van der Waals surface area contributed by atoms with Crippen LogP contribution in [0.25, 0.3) is 0 Å². The SMILES string of the molecule is COC(=O)C(C)C1CCC2C34CCC5(CC(OC(=O)c6ccccc6)CCC5(C)C3=CCC12C)OO4. The van der Waals surface area contributed by atoms with Crippen LogP contribution in [0.4, 0.5) is 0 Å². The number of hydrogen-bond acceptors (Lipinski definition) is 6. The lowest BCUT2D eigenvalue weighted by atomic mass is 9.44. The summed E-state index contributed by atoms with van der Waals surface area (Å²) in [4.78, 5) is 38.2. The Hall–Kier alpha value is -2.18.